The molecule has 1 aromatic heterocycles. The summed E-state index contributed by atoms with van der Waals surface area (Å²) in [5.74, 6) is 0.532. The van der Waals surface area contributed by atoms with Crippen LogP contribution in [0.25, 0.3) is 0 Å². The number of hydrogen-bond donors (Lipinski definition) is 2. The van der Waals surface area contributed by atoms with E-state index in [0.29, 0.717) is 12.5 Å². The molecule has 0 aliphatic carbocycles. The number of urea groups is 1. The minimum Gasteiger partial charge on any atom is -0.395 e. The average molecular weight is 320 g/mol. The number of nitrogens with zero attached hydrogens (tertiary/aromatic N) is 3. The van der Waals surface area contributed by atoms with Crippen LogP contribution in [0.5, 0.6) is 0 Å². The monoisotopic (exact) mass is 320 g/mol. The molecule has 1 aromatic rings. The molecule has 0 aromatic carbocycles. The third-order valence-corrected chi connectivity index (χ3v) is 4.56. The van der Waals surface area contributed by atoms with E-state index < -0.39 is 0 Å². The second-order valence-corrected chi connectivity index (χ2v) is 6.35. The zero-order valence-electron chi connectivity index (χ0n) is 14.2. The topological polar surface area (TPSA) is 68.7 Å². The van der Waals surface area contributed by atoms with Crippen molar-refractivity contribution < 1.29 is 9.90 Å². The number of hydrogen-bond acceptors (Lipinski definition) is 4. The number of aliphatic hydroxyl groups is 1. The van der Waals surface area contributed by atoms with Crippen molar-refractivity contribution in [3.8, 4) is 0 Å². The van der Waals surface area contributed by atoms with Gasteiger partial charge in [0.15, 0.2) is 0 Å². The van der Waals surface area contributed by atoms with Gasteiger partial charge in [-0.1, -0.05) is 0 Å². The number of rotatable bonds is 6. The molecule has 128 valence electrons. The number of likely N-dealkylation sites (tertiary alicyclic amines) is 1. The van der Waals surface area contributed by atoms with Gasteiger partial charge in [0.1, 0.15) is 0 Å². The van der Waals surface area contributed by atoms with Gasteiger partial charge in [-0.2, -0.15) is 0 Å². The van der Waals surface area contributed by atoms with Crippen LogP contribution in [0.1, 0.15) is 24.0 Å². The fraction of sp³-hybridized carbons (Fsp3) is 0.647. The smallest absolute Gasteiger partial charge is 0.317 e. The van der Waals surface area contributed by atoms with Crippen molar-refractivity contribution in [1.29, 1.82) is 0 Å². The summed E-state index contributed by atoms with van der Waals surface area (Å²) in [5, 5.41) is 12.0. The number of β-amino-alcohol motifs (C(OH)–C–C–N with tert-alkyl or cyclic N) is 1. The number of carbonyl (C=O) groups is 1. The Bertz CT molecular complexity index is 501. The molecular weight excluding hydrogens is 292 g/mol. The Morgan fingerprint density at radius 1 is 1.48 bits per heavy atom. The van der Waals surface area contributed by atoms with Crippen LogP contribution >= 0.6 is 0 Å². The summed E-state index contributed by atoms with van der Waals surface area (Å²) >= 11 is 0. The largest absolute Gasteiger partial charge is 0.395 e. The van der Waals surface area contributed by atoms with E-state index in [1.165, 1.54) is 0 Å². The van der Waals surface area contributed by atoms with Gasteiger partial charge >= 0.3 is 6.03 Å². The number of aromatic nitrogens is 1. The lowest BCUT2D eigenvalue weighted by Gasteiger charge is -2.31. The highest BCUT2D eigenvalue weighted by Gasteiger charge is 2.20. The normalized spacial score (nSPS) is 16.3. The van der Waals surface area contributed by atoms with E-state index in [9.17, 15) is 4.79 Å². The first-order valence-corrected chi connectivity index (χ1v) is 8.32. The number of carbonyl (C=O) groups excluding carboxylic acids is 1. The van der Waals surface area contributed by atoms with Gasteiger partial charge < -0.3 is 20.2 Å². The van der Waals surface area contributed by atoms with Gasteiger partial charge in [0.2, 0.25) is 0 Å². The van der Waals surface area contributed by atoms with Crippen LogP contribution in [0.15, 0.2) is 18.5 Å². The van der Waals surface area contributed by atoms with E-state index in [2.05, 4.69) is 15.2 Å². The molecule has 6 heteroatoms. The number of piperidine rings is 1. The first-order valence-electron chi connectivity index (χ1n) is 8.32. The Morgan fingerprint density at radius 2 is 2.22 bits per heavy atom. The summed E-state index contributed by atoms with van der Waals surface area (Å²) in [4.78, 5) is 20.3. The molecule has 23 heavy (non-hydrogen) atoms. The van der Waals surface area contributed by atoms with Crippen molar-refractivity contribution in [2.75, 3.05) is 39.8 Å². The summed E-state index contributed by atoms with van der Waals surface area (Å²) in [5.41, 5.74) is 2.22. The molecule has 0 bridgehead atoms. The van der Waals surface area contributed by atoms with Crippen LogP contribution in [-0.2, 0) is 6.54 Å². The molecule has 1 saturated heterocycles. The molecule has 0 atom stereocenters. The van der Waals surface area contributed by atoms with Crippen molar-refractivity contribution in [2.45, 2.75) is 26.3 Å². The predicted octanol–water partition coefficient (Wildman–Crippen LogP) is 1.24. The summed E-state index contributed by atoms with van der Waals surface area (Å²) in [6.07, 6.45) is 5.73. The minimum absolute atomic E-state index is 0.0287. The van der Waals surface area contributed by atoms with Gasteiger partial charge in [-0.15, -0.1) is 0 Å². The number of amides is 2. The van der Waals surface area contributed by atoms with Crippen LogP contribution in [0, 0.1) is 12.8 Å². The Hall–Kier alpha value is -1.66. The zero-order valence-corrected chi connectivity index (χ0v) is 14.2. The van der Waals surface area contributed by atoms with E-state index in [1.54, 1.807) is 11.1 Å². The van der Waals surface area contributed by atoms with E-state index in [0.717, 1.165) is 50.1 Å². The number of aliphatic hydroxyl groups excluding tert-OH is 1. The molecule has 0 unspecified atom stereocenters. The van der Waals surface area contributed by atoms with Crippen LogP contribution < -0.4 is 5.32 Å². The van der Waals surface area contributed by atoms with Gasteiger partial charge in [-0.3, -0.25) is 4.98 Å². The first kappa shape index (κ1) is 17.7. The molecule has 1 aliphatic heterocycles. The SMILES string of the molecule is Cc1cnccc1CN(C)C(=O)NCC1CCN(CCO)CC1. The lowest BCUT2D eigenvalue weighted by atomic mass is 9.97. The number of nitrogens with one attached hydrogen (secondary N) is 1. The summed E-state index contributed by atoms with van der Waals surface area (Å²) in [6.45, 7) is 6.32. The first-order chi connectivity index (χ1) is 11.1. The molecule has 2 rings (SSSR count). The van der Waals surface area contributed by atoms with Gasteiger partial charge in [-0.05, 0) is 56.0 Å². The van der Waals surface area contributed by atoms with E-state index >= 15 is 0 Å². The molecular formula is C17H28N4O2. The highest BCUT2D eigenvalue weighted by molar-refractivity contribution is 5.73. The number of pyridine rings is 1. The maximum absolute atomic E-state index is 12.2. The van der Waals surface area contributed by atoms with Crippen LogP contribution in [-0.4, -0.2) is 65.8 Å². The summed E-state index contributed by atoms with van der Waals surface area (Å²) < 4.78 is 0. The molecule has 0 spiro atoms. The molecule has 2 N–H and O–H groups in total. The Balaban J connectivity index is 1.71. The third kappa shape index (κ3) is 5.48. The van der Waals surface area contributed by atoms with Crippen molar-refractivity contribution in [2.24, 2.45) is 5.92 Å². The molecule has 2 amide bonds. The third-order valence-electron chi connectivity index (χ3n) is 4.56. The van der Waals surface area contributed by atoms with Crippen LogP contribution in [0.4, 0.5) is 4.79 Å². The van der Waals surface area contributed by atoms with Gasteiger partial charge in [0.25, 0.3) is 0 Å². The Labute approximate surface area is 138 Å². The highest BCUT2D eigenvalue weighted by atomic mass is 16.3. The minimum atomic E-state index is -0.0287. The van der Waals surface area contributed by atoms with E-state index in [-0.39, 0.29) is 12.6 Å². The molecule has 0 radical (unpaired) electrons. The second kappa shape index (κ2) is 8.84. The maximum atomic E-state index is 12.2. The van der Waals surface area contributed by atoms with Crippen LogP contribution in [0.3, 0.4) is 0 Å². The molecule has 0 saturated carbocycles. The van der Waals surface area contributed by atoms with Gasteiger partial charge in [0, 0.05) is 39.1 Å². The van der Waals surface area contributed by atoms with Crippen molar-refractivity contribution in [3.63, 3.8) is 0 Å². The van der Waals surface area contributed by atoms with E-state index in [1.807, 2.05) is 26.2 Å². The van der Waals surface area contributed by atoms with Crippen molar-refractivity contribution in [3.05, 3.63) is 29.6 Å². The fourth-order valence-electron chi connectivity index (χ4n) is 2.93. The Kier molecular flexibility index (Phi) is 6.80. The summed E-state index contributed by atoms with van der Waals surface area (Å²) in [6, 6.07) is 1.93. The Morgan fingerprint density at radius 3 is 2.87 bits per heavy atom. The zero-order chi connectivity index (χ0) is 16.7. The standard InChI is InChI=1S/C17H28N4O2/c1-14-11-18-6-3-16(14)13-20(2)17(23)19-12-15-4-7-21(8-5-15)9-10-22/h3,6,11,15,22H,4-5,7-10,12-13H2,1-2H3,(H,19,23). The highest BCUT2D eigenvalue weighted by Crippen LogP contribution is 2.16. The van der Waals surface area contributed by atoms with Crippen molar-refractivity contribution in [1.82, 2.24) is 20.1 Å². The maximum Gasteiger partial charge on any atom is 0.317 e. The quantitative estimate of drug-likeness (QED) is 0.827. The predicted molar refractivity (Wildman–Crippen MR) is 90.1 cm³/mol. The van der Waals surface area contributed by atoms with E-state index in [4.69, 9.17) is 5.11 Å². The number of aryl methyl sites for hydroxylation is 1. The summed E-state index contributed by atoms with van der Waals surface area (Å²) in [7, 11) is 1.82. The van der Waals surface area contributed by atoms with Gasteiger partial charge in [-0.25, -0.2) is 4.79 Å². The molecule has 2 heterocycles. The second-order valence-electron chi connectivity index (χ2n) is 6.35. The lowest BCUT2D eigenvalue weighted by Crippen LogP contribution is -2.42. The molecule has 1 fully saturated rings. The lowest BCUT2D eigenvalue weighted by molar-refractivity contribution is 0.145. The molecule has 6 nitrogen and oxygen atoms in total. The van der Waals surface area contributed by atoms with Crippen LogP contribution in [0.2, 0.25) is 0 Å². The van der Waals surface area contributed by atoms with Crippen molar-refractivity contribution >= 4 is 6.03 Å². The fourth-order valence-corrected chi connectivity index (χ4v) is 2.93. The van der Waals surface area contributed by atoms with Gasteiger partial charge in [0.05, 0.1) is 6.61 Å². The molecule has 1 aliphatic rings. The average Bonchev–Trinajstić information content (AvgIpc) is 2.56.